The normalized spacial score (nSPS) is 19.3. The van der Waals surface area contributed by atoms with Crippen LogP contribution in [-0.4, -0.2) is 17.0 Å². The van der Waals surface area contributed by atoms with E-state index in [-0.39, 0.29) is 6.04 Å². The number of aromatic nitrogens is 1. The highest BCUT2D eigenvalue weighted by molar-refractivity contribution is 5.99. The monoisotopic (exact) mass is 301 g/mol. The number of azo groups is 1. The van der Waals surface area contributed by atoms with Gasteiger partial charge in [0.25, 0.3) is 0 Å². The van der Waals surface area contributed by atoms with Crippen LogP contribution in [0.4, 0.5) is 0 Å². The molecule has 1 atom stereocenters. The Labute approximate surface area is 133 Å². The number of aromatic amines is 1. The molecule has 3 aromatic rings. The first kappa shape index (κ1) is 13.6. The van der Waals surface area contributed by atoms with E-state index in [1.165, 1.54) is 0 Å². The van der Waals surface area contributed by atoms with Crippen molar-refractivity contribution in [3.05, 3.63) is 71.9 Å². The summed E-state index contributed by atoms with van der Waals surface area (Å²) in [5.41, 5.74) is 3.26. The lowest BCUT2D eigenvalue weighted by atomic mass is 10.1. The second-order valence-electron chi connectivity index (χ2n) is 5.40. The minimum absolute atomic E-state index is 0.0539. The van der Waals surface area contributed by atoms with Gasteiger partial charge >= 0.3 is 0 Å². The van der Waals surface area contributed by atoms with Crippen molar-refractivity contribution in [2.24, 2.45) is 20.4 Å². The molecule has 5 heteroatoms. The Hall–Kier alpha value is -3.08. The molecule has 5 nitrogen and oxygen atoms in total. The molecule has 0 aliphatic carbocycles. The molecule has 0 amide bonds. The number of fused-ring (bicyclic) bond motifs is 1. The number of benzene rings is 2. The van der Waals surface area contributed by atoms with Gasteiger partial charge in [-0.15, -0.1) is 10.2 Å². The smallest absolute Gasteiger partial charge is 0.175 e. The van der Waals surface area contributed by atoms with Crippen LogP contribution < -0.4 is 0 Å². The molecule has 0 fully saturated rings. The fraction of sp³-hybridized carbons (Fsp3) is 0.111. The molecule has 1 N–H and O–H groups in total. The van der Waals surface area contributed by atoms with E-state index in [0.717, 1.165) is 22.0 Å². The number of nitrogens with zero attached hydrogens (tertiary/aromatic N) is 4. The second-order valence-corrected chi connectivity index (χ2v) is 5.40. The molecular formula is C18H15N5. The average molecular weight is 301 g/mol. The highest BCUT2D eigenvalue weighted by Gasteiger charge is 2.19. The molecule has 2 aromatic carbocycles. The van der Waals surface area contributed by atoms with Crippen molar-refractivity contribution >= 4 is 23.0 Å². The third-order valence-electron chi connectivity index (χ3n) is 3.86. The lowest BCUT2D eigenvalue weighted by molar-refractivity contribution is 0.773. The van der Waals surface area contributed by atoms with Crippen LogP contribution in [0.1, 0.15) is 23.6 Å². The summed E-state index contributed by atoms with van der Waals surface area (Å²) in [4.78, 5) is 3.21. The van der Waals surface area contributed by atoms with Gasteiger partial charge in [-0.25, -0.2) is 0 Å². The zero-order chi connectivity index (χ0) is 15.5. The predicted octanol–water partition coefficient (Wildman–Crippen LogP) is 4.50. The number of rotatable bonds is 3. The van der Waals surface area contributed by atoms with Gasteiger partial charge in [0.2, 0.25) is 0 Å². The van der Waals surface area contributed by atoms with E-state index in [4.69, 9.17) is 0 Å². The van der Waals surface area contributed by atoms with Crippen LogP contribution in [0.3, 0.4) is 0 Å². The lowest BCUT2D eigenvalue weighted by Gasteiger charge is -2.02. The Balaban J connectivity index is 1.49. The van der Waals surface area contributed by atoms with Gasteiger partial charge in [0.05, 0.1) is 6.21 Å². The lowest BCUT2D eigenvalue weighted by Crippen LogP contribution is -1.95. The number of hydrogen-bond acceptors (Lipinski definition) is 3. The van der Waals surface area contributed by atoms with Gasteiger partial charge in [0.15, 0.2) is 5.84 Å². The Morgan fingerprint density at radius 2 is 1.87 bits per heavy atom. The summed E-state index contributed by atoms with van der Waals surface area (Å²) >= 11 is 0. The zero-order valence-corrected chi connectivity index (χ0v) is 12.4. The van der Waals surface area contributed by atoms with Crippen LogP contribution in [0.2, 0.25) is 0 Å². The molecule has 23 heavy (non-hydrogen) atoms. The zero-order valence-electron chi connectivity index (χ0n) is 12.4. The van der Waals surface area contributed by atoms with Gasteiger partial charge in [-0.1, -0.05) is 48.5 Å². The maximum atomic E-state index is 4.27. The van der Waals surface area contributed by atoms with E-state index in [2.05, 4.69) is 43.6 Å². The maximum Gasteiger partial charge on any atom is 0.175 e. The van der Waals surface area contributed by atoms with Crippen LogP contribution >= 0.6 is 0 Å². The number of amidine groups is 1. The van der Waals surface area contributed by atoms with Gasteiger partial charge in [0, 0.05) is 29.1 Å². The molecule has 1 unspecified atom stereocenters. The van der Waals surface area contributed by atoms with Crippen molar-refractivity contribution < 1.29 is 0 Å². The minimum atomic E-state index is 0.0539. The molecule has 1 aromatic heterocycles. The van der Waals surface area contributed by atoms with Gasteiger partial charge in [0.1, 0.15) is 6.04 Å². The van der Waals surface area contributed by atoms with Crippen molar-refractivity contribution in [3.8, 4) is 0 Å². The van der Waals surface area contributed by atoms with Crippen molar-refractivity contribution in [2.75, 3.05) is 0 Å². The van der Waals surface area contributed by atoms with E-state index in [1.54, 1.807) is 6.21 Å². The fourth-order valence-corrected chi connectivity index (χ4v) is 2.67. The molecule has 4 rings (SSSR count). The van der Waals surface area contributed by atoms with Crippen molar-refractivity contribution in [1.29, 1.82) is 0 Å². The molecule has 0 radical (unpaired) electrons. The van der Waals surface area contributed by atoms with E-state index in [1.807, 2.05) is 42.6 Å². The number of H-pyrrole nitrogens is 1. The van der Waals surface area contributed by atoms with Crippen LogP contribution in [0.25, 0.3) is 10.9 Å². The van der Waals surface area contributed by atoms with Gasteiger partial charge in [-0.2, -0.15) is 10.2 Å². The molecular weight excluding hydrogens is 286 g/mol. The number of hydrogen-bond donors (Lipinski definition) is 1. The Morgan fingerprint density at radius 3 is 2.78 bits per heavy atom. The Morgan fingerprint density at radius 1 is 1.04 bits per heavy atom. The topological polar surface area (TPSA) is 65.2 Å². The number of para-hydroxylation sites is 1. The third-order valence-corrected chi connectivity index (χ3v) is 3.86. The van der Waals surface area contributed by atoms with Crippen LogP contribution in [0.5, 0.6) is 0 Å². The SMILES string of the molecule is C(=N\N=C1\CC(c2ccccc2)N=N1)/c1c[nH]c2ccccc12. The van der Waals surface area contributed by atoms with Gasteiger partial charge < -0.3 is 4.98 Å². The van der Waals surface area contributed by atoms with E-state index < -0.39 is 0 Å². The van der Waals surface area contributed by atoms with Crippen LogP contribution in [0.15, 0.2) is 81.2 Å². The molecule has 0 saturated heterocycles. The summed E-state index contributed by atoms with van der Waals surface area (Å²) in [5.74, 6) is 0.662. The van der Waals surface area contributed by atoms with Gasteiger partial charge in [-0.3, -0.25) is 0 Å². The highest BCUT2D eigenvalue weighted by Crippen LogP contribution is 2.27. The molecule has 0 saturated carbocycles. The summed E-state index contributed by atoms with van der Waals surface area (Å²) in [6.45, 7) is 0. The van der Waals surface area contributed by atoms with E-state index >= 15 is 0 Å². The standard InChI is InChI=1S/C18H15N5/c1-2-6-13(7-3-1)17-10-18(23-21-17)22-20-12-14-11-19-16-9-5-4-8-15(14)16/h1-9,11-12,17,19H,10H2/b20-12+,22-18-. The molecule has 1 aliphatic heterocycles. The van der Waals surface area contributed by atoms with Crippen LogP contribution in [0, 0.1) is 0 Å². The summed E-state index contributed by atoms with van der Waals surface area (Å²) in [5, 5.41) is 17.9. The summed E-state index contributed by atoms with van der Waals surface area (Å²) < 4.78 is 0. The number of nitrogens with one attached hydrogen (secondary N) is 1. The largest absolute Gasteiger partial charge is 0.361 e. The molecule has 0 bridgehead atoms. The molecule has 112 valence electrons. The summed E-state index contributed by atoms with van der Waals surface area (Å²) in [6, 6.07) is 18.3. The third kappa shape index (κ3) is 2.81. The first-order valence-corrected chi connectivity index (χ1v) is 7.52. The Kier molecular flexibility index (Phi) is 3.52. The van der Waals surface area contributed by atoms with Gasteiger partial charge in [-0.05, 0) is 11.6 Å². The summed E-state index contributed by atoms with van der Waals surface area (Å²) in [6.07, 6.45) is 4.36. The first-order chi connectivity index (χ1) is 11.4. The Bertz CT molecular complexity index is 905. The minimum Gasteiger partial charge on any atom is -0.361 e. The van der Waals surface area contributed by atoms with Crippen molar-refractivity contribution in [3.63, 3.8) is 0 Å². The van der Waals surface area contributed by atoms with E-state index in [0.29, 0.717) is 12.3 Å². The molecule has 1 aliphatic rings. The average Bonchev–Trinajstić information content (AvgIpc) is 3.23. The van der Waals surface area contributed by atoms with Crippen LogP contribution in [-0.2, 0) is 0 Å². The first-order valence-electron chi connectivity index (χ1n) is 7.52. The fourth-order valence-electron chi connectivity index (χ4n) is 2.67. The predicted molar refractivity (Wildman–Crippen MR) is 92.0 cm³/mol. The summed E-state index contributed by atoms with van der Waals surface area (Å²) in [7, 11) is 0. The highest BCUT2D eigenvalue weighted by atomic mass is 15.3. The molecule has 0 spiro atoms. The maximum absolute atomic E-state index is 4.27. The van der Waals surface area contributed by atoms with Crippen molar-refractivity contribution in [1.82, 2.24) is 4.98 Å². The second kappa shape index (κ2) is 5.96. The van der Waals surface area contributed by atoms with E-state index in [9.17, 15) is 0 Å². The quantitative estimate of drug-likeness (QED) is 0.547. The molecule has 2 heterocycles. The van der Waals surface area contributed by atoms with Crippen molar-refractivity contribution in [2.45, 2.75) is 12.5 Å².